The van der Waals surface area contributed by atoms with Crippen LogP contribution in [0.3, 0.4) is 0 Å². The molecule has 0 heterocycles. The number of hydrogen-bond acceptors (Lipinski definition) is 3. The number of hydrogen-bond donors (Lipinski definition) is 0. The Morgan fingerprint density at radius 3 is 1.93 bits per heavy atom. The monoisotopic (exact) mass is 370 g/mol. The van der Waals surface area contributed by atoms with Crippen molar-refractivity contribution < 1.29 is 9.53 Å². The highest BCUT2D eigenvalue weighted by atomic mass is 16.5. The van der Waals surface area contributed by atoms with E-state index in [0.29, 0.717) is 24.4 Å². The summed E-state index contributed by atoms with van der Waals surface area (Å²) in [6.07, 6.45) is -0.707. The van der Waals surface area contributed by atoms with Gasteiger partial charge in [-0.25, -0.2) is 0 Å². The molecule has 0 fully saturated rings. The average Bonchev–Trinajstić information content (AvgIpc) is 2.74. The van der Waals surface area contributed by atoms with Crippen molar-refractivity contribution in [2.24, 2.45) is 0 Å². The lowest BCUT2D eigenvalue weighted by molar-refractivity contribution is -0.139. The van der Waals surface area contributed by atoms with Crippen molar-refractivity contribution in [3.63, 3.8) is 0 Å². The maximum atomic E-state index is 13.2. The fourth-order valence-corrected chi connectivity index (χ4v) is 2.98. The van der Waals surface area contributed by atoms with E-state index in [-0.39, 0.29) is 5.91 Å². The number of benzene rings is 3. The summed E-state index contributed by atoms with van der Waals surface area (Å²) >= 11 is 0. The Kier molecular flexibility index (Phi) is 6.43. The van der Waals surface area contributed by atoms with Gasteiger partial charge in [-0.3, -0.25) is 4.79 Å². The highest BCUT2D eigenvalue weighted by molar-refractivity contribution is 5.81. The van der Waals surface area contributed by atoms with E-state index in [1.54, 1.807) is 36.1 Å². The first kappa shape index (κ1) is 19.2. The minimum Gasteiger partial charge on any atom is -0.480 e. The highest BCUT2D eigenvalue weighted by Crippen LogP contribution is 2.20. The van der Waals surface area contributed by atoms with Gasteiger partial charge in [-0.2, -0.15) is 5.26 Å². The number of nitrogens with zero attached hydrogens (tertiary/aromatic N) is 2. The minimum atomic E-state index is -0.707. The SMILES string of the molecule is CC(Oc1ccccc1C#N)C(=O)N(Cc1ccccc1)Cc1ccccc1. The molecule has 1 unspecified atom stereocenters. The van der Waals surface area contributed by atoms with Gasteiger partial charge in [0.2, 0.25) is 0 Å². The third-order valence-corrected chi connectivity index (χ3v) is 4.40. The third-order valence-electron chi connectivity index (χ3n) is 4.40. The number of rotatable bonds is 7. The van der Waals surface area contributed by atoms with Crippen molar-refractivity contribution in [3.8, 4) is 11.8 Å². The number of carbonyl (C=O) groups excluding carboxylic acids is 1. The van der Waals surface area contributed by atoms with Crippen LogP contribution in [0.1, 0.15) is 23.6 Å². The van der Waals surface area contributed by atoms with E-state index in [0.717, 1.165) is 11.1 Å². The zero-order valence-corrected chi connectivity index (χ0v) is 15.8. The standard InChI is InChI=1S/C24H22N2O2/c1-19(28-23-15-9-8-14-22(23)16-25)24(27)26(17-20-10-4-2-5-11-20)18-21-12-6-3-7-13-21/h2-15,19H,17-18H2,1H3. The molecule has 0 aliphatic heterocycles. The summed E-state index contributed by atoms with van der Waals surface area (Å²) in [5, 5.41) is 9.24. The zero-order chi connectivity index (χ0) is 19.8. The van der Waals surface area contributed by atoms with Crippen LogP contribution in [0.25, 0.3) is 0 Å². The molecule has 0 spiro atoms. The number of carbonyl (C=O) groups is 1. The van der Waals surface area contributed by atoms with Crippen LogP contribution in [-0.2, 0) is 17.9 Å². The first-order chi connectivity index (χ1) is 13.7. The van der Waals surface area contributed by atoms with Gasteiger partial charge >= 0.3 is 0 Å². The van der Waals surface area contributed by atoms with E-state index in [1.807, 2.05) is 60.7 Å². The molecule has 0 aromatic heterocycles. The molecule has 28 heavy (non-hydrogen) atoms. The summed E-state index contributed by atoms with van der Waals surface area (Å²) in [4.78, 5) is 15.0. The number of nitriles is 1. The molecule has 0 aliphatic carbocycles. The van der Waals surface area contributed by atoms with Crippen LogP contribution < -0.4 is 4.74 Å². The first-order valence-corrected chi connectivity index (χ1v) is 9.20. The van der Waals surface area contributed by atoms with Gasteiger partial charge in [-0.1, -0.05) is 72.8 Å². The second kappa shape index (κ2) is 9.38. The molecule has 1 amide bonds. The molecule has 0 aliphatic rings. The van der Waals surface area contributed by atoms with Gasteiger partial charge in [0, 0.05) is 13.1 Å². The molecule has 3 aromatic carbocycles. The summed E-state index contributed by atoms with van der Waals surface area (Å²) < 4.78 is 5.84. The molecule has 0 bridgehead atoms. The van der Waals surface area contributed by atoms with E-state index in [1.165, 1.54) is 0 Å². The lowest BCUT2D eigenvalue weighted by Crippen LogP contribution is -2.39. The topological polar surface area (TPSA) is 53.3 Å². The highest BCUT2D eigenvalue weighted by Gasteiger charge is 2.23. The van der Waals surface area contributed by atoms with Gasteiger partial charge < -0.3 is 9.64 Å². The summed E-state index contributed by atoms with van der Waals surface area (Å²) in [6, 6.07) is 28.8. The fourth-order valence-electron chi connectivity index (χ4n) is 2.98. The fraction of sp³-hybridized carbons (Fsp3) is 0.167. The Labute approximate surface area is 165 Å². The average molecular weight is 370 g/mol. The van der Waals surface area contributed by atoms with Crippen LogP contribution in [-0.4, -0.2) is 16.9 Å². The van der Waals surface area contributed by atoms with Crippen LogP contribution in [0.4, 0.5) is 0 Å². The van der Waals surface area contributed by atoms with Crippen molar-refractivity contribution in [1.82, 2.24) is 4.90 Å². The Bertz CT molecular complexity index is 908. The molecule has 3 rings (SSSR count). The predicted octanol–water partition coefficient (Wildman–Crippen LogP) is 4.55. The van der Waals surface area contributed by atoms with Crippen LogP contribution >= 0.6 is 0 Å². The van der Waals surface area contributed by atoms with E-state index >= 15 is 0 Å². The van der Waals surface area contributed by atoms with E-state index in [4.69, 9.17) is 4.74 Å². The smallest absolute Gasteiger partial charge is 0.263 e. The largest absolute Gasteiger partial charge is 0.480 e. The Morgan fingerprint density at radius 2 is 1.39 bits per heavy atom. The molecule has 140 valence electrons. The van der Waals surface area contributed by atoms with Crippen LogP contribution in [0.2, 0.25) is 0 Å². The van der Waals surface area contributed by atoms with Gasteiger partial charge in [-0.05, 0) is 30.2 Å². The maximum absolute atomic E-state index is 13.2. The zero-order valence-electron chi connectivity index (χ0n) is 15.8. The normalized spacial score (nSPS) is 11.3. The number of para-hydroxylation sites is 1. The van der Waals surface area contributed by atoms with Crippen molar-refractivity contribution in [2.75, 3.05) is 0 Å². The van der Waals surface area contributed by atoms with Gasteiger partial charge in [-0.15, -0.1) is 0 Å². The van der Waals surface area contributed by atoms with E-state index in [2.05, 4.69) is 6.07 Å². The molecule has 0 saturated heterocycles. The van der Waals surface area contributed by atoms with Gasteiger partial charge in [0.25, 0.3) is 5.91 Å². The molecule has 4 nitrogen and oxygen atoms in total. The quantitative estimate of drug-likeness (QED) is 0.613. The van der Waals surface area contributed by atoms with Gasteiger partial charge in [0.1, 0.15) is 11.8 Å². The Hall–Kier alpha value is -3.58. The van der Waals surface area contributed by atoms with Gasteiger partial charge in [0.15, 0.2) is 6.10 Å². The Morgan fingerprint density at radius 1 is 0.893 bits per heavy atom. The molecule has 4 heteroatoms. The molecule has 1 atom stereocenters. The lowest BCUT2D eigenvalue weighted by atomic mass is 10.1. The summed E-state index contributed by atoms with van der Waals surface area (Å²) in [5.41, 5.74) is 2.52. The third kappa shape index (κ3) is 4.99. The second-order valence-electron chi connectivity index (χ2n) is 6.53. The number of ether oxygens (including phenoxy) is 1. The summed E-state index contributed by atoms with van der Waals surface area (Å²) in [5.74, 6) is 0.297. The first-order valence-electron chi connectivity index (χ1n) is 9.20. The molecule has 0 radical (unpaired) electrons. The van der Waals surface area contributed by atoms with Crippen molar-refractivity contribution >= 4 is 5.91 Å². The lowest BCUT2D eigenvalue weighted by Gasteiger charge is -2.26. The van der Waals surface area contributed by atoms with Crippen molar-refractivity contribution in [3.05, 3.63) is 102 Å². The van der Waals surface area contributed by atoms with Crippen molar-refractivity contribution in [1.29, 1.82) is 5.26 Å². The van der Waals surface area contributed by atoms with Crippen LogP contribution in [0.5, 0.6) is 5.75 Å². The second-order valence-corrected chi connectivity index (χ2v) is 6.53. The molecular weight excluding hydrogens is 348 g/mol. The van der Waals surface area contributed by atoms with Crippen LogP contribution in [0, 0.1) is 11.3 Å². The predicted molar refractivity (Wildman–Crippen MR) is 108 cm³/mol. The molecule has 0 N–H and O–H groups in total. The van der Waals surface area contributed by atoms with Crippen LogP contribution in [0.15, 0.2) is 84.9 Å². The summed E-state index contributed by atoms with van der Waals surface area (Å²) in [7, 11) is 0. The molecular formula is C24H22N2O2. The molecule has 3 aromatic rings. The van der Waals surface area contributed by atoms with Gasteiger partial charge in [0.05, 0.1) is 5.56 Å². The van der Waals surface area contributed by atoms with E-state index in [9.17, 15) is 10.1 Å². The van der Waals surface area contributed by atoms with Crippen molar-refractivity contribution in [2.45, 2.75) is 26.1 Å². The number of amides is 1. The minimum absolute atomic E-state index is 0.125. The summed E-state index contributed by atoms with van der Waals surface area (Å²) in [6.45, 7) is 2.70. The Balaban J connectivity index is 1.79. The maximum Gasteiger partial charge on any atom is 0.263 e. The molecule has 0 saturated carbocycles. The van der Waals surface area contributed by atoms with E-state index < -0.39 is 6.10 Å².